The molecule has 5 heteroatoms. The Kier molecular flexibility index (Phi) is 7.19. The molecule has 0 aromatic heterocycles. The maximum atomic E-state index is 12.1. The molecule has 1 aromatic carbocycles. The molecule has 1 atom stereocenters. The molecule has 1 rings (SSSR count). The summed E-state index contributed by atoms with van der Waals surface area (Å²) in [5.41, 5.74) is 1.86. The van der Waals surface area contributed by atoms with Crippen molar-refractivity contribution in [1.82, 2.24) is 10.2 Å². The van der Waals surface area contributed by atoms with Crippen molar-refractivity contribution in [3.05, 3.63) is 23.8 Å². The first-order chi connectivity index (χ1) is 9.96. The normalized spacial score (nSPS) is 12.3. The average Bonchev–Trinajstić information content (AvgIpc) is 2.38. The van der Waals surface area contributed by atoms with Gasteiger partial charge in [-0.3, -0.25) is 4.79 Å². The second-order valence-corrected chi connectivity index (χ2v) is 5.48. The minimum atomic E-state index is -0.0104. The van der Waals surface area contributed by atoms with Crippen molar-refractivity contribution in [3.8, 4) is 5.75 Å². The molecule has 0 aliphatic rings. The number of methoxy groups -OCH3 is 1. The molecule has 0 radical (unpaired) electrons. The molecule has 21 heavy (non-hydrogen) atoms. The van der Waals surface area contributed by atoms with Crippen LogP contribution in [0.5, 0.6) is 5.75 Å². The lowest BCUT2D eigenvalue weighted by atomic mass is 10.1. The van der Waals surface area contributed by atoms with E-state index in [9.17, 15) is 4.79 Å². The Balaban J connectivity index is 2.77. The summed E-state index contributed by atoms with van der Waals surface area (Å²) in [7, 11) is 5.64. The second kappa shape index (κ2) is 8.64. The molecule has 0 aliphatic heterocycles. The van der Waals surface area contributed by atoms with Crippen LogP contribution in [-0.4, -0.2) is 44.6 Å². The fourth-order valence-electron chi connectivity index (χ4n) is 2.22. The number of nitrogens with one attached hydrogen (secondary N) is 2. The van der Waals surface area contributed by atoms with Gasteiger partial charge in [-0.2, -0.15) is 0 Å². The molecule has 0 bridgehead atoms. The Hall–Kier alpha value is -1.59. The molecule has 1 unspecified atom stereocenters. The van der Waals surface area contributed by atoms with Gasteiger partial charge in [-0.05, 0) is 45.3 Å². The summed E-state index contributed by atoms with van der Waals surface area (Å²) in [6, 6.07) is 6.03. The third-order valence-corrected chi connectivity index (χ3v) is 3.08. The topological polar surface area (TPSA) is 53.6 Å². The Labute approximate surface area is 127 Å². The minimum absolute atomic E-state index is 0.0104. The van der Waals surface area contributed by atoms with E-state index in [0.29, 0.717) is 12.2 Å². The second-order valence-electron chi connectivity index (χ2n) is 5.48. The smallest absolute Gasteiger partial charge is 0.226 e. The lowest BCUT2D eigenvalue weighted by molar-refractivity contribution is -0.116. The lowest BCUT2D eigenvalue weighted by Gasteiger charge is -2.16. The summed E-state index contributed by atoms with van der Waals surface area (Å²) in [6.07, 6.45) is 0.439. The van der Waals surface area contributed by atoms with Crippen molar-refractivity contribution in [1.29, 1.82) is 0 Å². The standard InChI is InChI=1S/C16H27N3O2/c1-6-17-12(2)9-16(20)18-14-10-13(11-19(3)4)7-8-15(14)21-5/h7-8,10,12,17H,6,9,11H2,1-5H3,(H,18,20). The van der Waals surface area contributed by atoms with Crippen LogP contribution in [0.2, 0.25) is 0 Å². The largest absolute Gasteiger partial charge is 0.495 e. The highest BCUT2D eigenvalue weighted by Gasteiger charge is 2.12. The van der Waals surface area contributed by atoms with Gasteiger partial charge in [0.2, 0.25) is 5.91 Å². The van der Waals surface area contributed by atoms with Gasteiger partial charge in [-0.15, -0.1) is 0 Å². The highest BCUT2D eigenvalue weighted by atomic mass is 16.5. The van der Waals surface area contributed by atoms with Crippen LogP contribution in [0, 0.1) is 0 Å². The van der Waals surface area contributed by atoms with Gasteiger partial charge in [-0.25, -0.2) is 0 Å². The van der Waals surface area contributed by atoms with Crippen molar-refractivity contribution in [2.45, 2.75) is 32.9 Å². The van der Waals surface area contributed by atoms with Gasteiger partial charge in [0.15, 0.2) is 0 Å². The Bertz CT molecular complexity index is 461. The number of rotatable bonds is 8. The number of benzene rings is 1. The molecule has 0 saturated carbocycles. The number of hydrogen-bond donors (Lipinski definition) is 2. The Morgan fingerprint density at radius 1 is 1.38 bits per heavy atom. The van der Waals surface area contributed by atoms with Gasteiger partial charge in [0.1, 0.15) is 5.75 Å². The summed E-state index contributed by atoms with van der Waals surface area (Å²) in [6.45, 7) is 5.71. The third kappa shape index (κ3) is 6.14. The number of amides is 1. The van der Waals surface area contributed by atoms with Gasteiger partial charge in [0.05, 0.1) is 12.8 Å². The van der Waals surface area contributed by atoms with Crippen LogP contribution in [-0.2, 0) is 11.3 Å². The molecular weight excluding hydrogens is 266 g/mol. The van der Waals surface area contributed by atoms with Crippen LogP contribution in [0.4, 0.5) is 5.69 Å². The number of anilines is 1. The van der Waals surface area contributed by atoms with Crippen LogP contribution in [0.25, 0.3) is 0 Å². The van der Waals surface area contributed by atoms with Crippen molar-refractivity contribution in [2.24, 2.45) is 0 Å². The molecule has 0 saturated heterocycles. The molecule has 1 aromatic rings. The monoisotopic (exact) mass is 293 g/mol. The first-order valence-corrected chi connectivity index (χ1v) is 7.31. The number of carbonyl (C=O) groups excluding carboxylic acids is 1. The summed E-state index contributed by atoms with van der Waals surface area (Å²) in [5.74, 6) is 0.672. The zero-order valence-corrected chi connectivity index (χ0v) is 13.7. The van der Waals surface area contributed by atoms with E-state index in [-0.39, 0.29) is 11.9 Å². The van der Waals surface area contributed by atoms with Crippen molar-refractivity contribution < 1.29 is 9.53 Å². The van der Waals surface area contributed by atoms with Gasteiger partial charge < -0.3 is 20.3 Å². The van der Waals surface area contributed by atoms with E-state index in [4.69, 9.17) is 4.74 Å². The number of nitrogens with zero attached hydrogens (tertiary/aromatic N) is 1. The number of ether oxygens (including phenoxy) is 1. The van der Waals surface area contributed by atoms with E-state index in [0.717, 1.165) is 24.3 Å². The van der Waals surface area contributed by atoms with Gasteiger partial charge in [0.25, 0.3) is 0 Å². The molecular formula is C16H27N3O2. The van der Waals surface area contributed by atoms with Crippen LogP contribution in [0.1, 0.15) is 25.8 Å². The summed E-state index contributed by atoms with van der Waals surface area (Å²) in [5, 5.41) is 6.17. The van der Waals surface area contributed by atoms with E-state index >= 15 is 0 Å². The molecule has 0 spiro atoms. The number of carbonyl (C=O) groups is 1. The van der Waals surface area contributed by atoms with Gasteiger partial charge >= 0.3 is 0 Å². The predicted molar refractivity (Wildman–Crippen MR) is 86.8 cm³/mol. The summed E-state index contributed by atoms with van der Waals surface area (Å²) in [4.78, 5) is 14.2. The molecule has 0 heterocycles. The summed E-state index contributed by atoms with van der Waals surface area (Å²) >= 11 is 0. The van der Waals surface area contributed by atoms with Gasteiger partial charge in [0, 0.05) is 19.0 Å². The zero-order chi connectivity index (χ0) is 15.8. The maximum absolute atomic E-state index is 12.1. The highest BCUT2D eigenvalue weighted by molar-refractivity contribution is 5.92. The summed E-state index contributed by atoms with van der Waals surface area (Å²) < 4.78 is 5.31. The van der Waals surface area contributed by atoms with Crippen molar-refractivity contribution in [2.75, 3.05) is 33.1 Å². The van der Waals surface area contributed by atoms with Gasteiger partial charge in [-0.1, -0.05) is 13.0 Å². The Morgan fingerprint density at radius 3 is 2.67 bits per heavy atom. The van der Waals surface area contributed by atoms with Crippen LogP contribution >= 0.6 is 0 Å². The zero-order valence-electron chi connectivity index (χ0n) is 13.7. The fourth-order valence-corrected chi connectivity index (χ4v) is 2.22. The van der Waals surface area contributed by atoms with Crippen molar-refractivity contribution in [3.63, 3.8) is 0 Å². The maximum Gasteiger partial charge on any atom is 0.226 e. The molecule has 1 amide bonds. The lowest BCUT2D eigenvalue weighted by Crippen LogP contribution is -2.30. The third-order valence-electron chi connectivity index (χ3n) is 3.08. The van der Waals surface area contributed by atoms with Crippen LogP contribution in [0.15, 0.2) is 18.2 Å². The van der Waals surface area contributed by atoms with Crippen molar-refractivity contribution >= 4 is 11.6 Å². The van der Waals surface area contributed by atoms with E-state index in [1.165, 1.54) is 0 Å². The predicted octanol–water partition coefficient (Wildman–Crippen LogP) is 2.08. The Morgan fingerprint density at radius 2 is 2.10 bits per heavy atom. The van der Waals surface area contributed by atoms with E-state index < -0.39 is 0 Å². The number of hydrogen-bond acceptors (Lipinski definition) is 4. The first kappa shape index (κ1) is 17.5. The molecule has 5 nitrogen and oxygen atoms in total. The van der Waals surface area contributed by atoms with E-state index in [1.807, 2.05) is 46.1 Å². The SMILES string of the molecule is CCNC(C)CC(=O)Nc1cc(CN(C)C)ccc1OC. The molecule has 2 N–H and O–H groups in total. The minimum Gasteiger partial charge on any atom is -0.495 e. The molecule has 118 valence electrons. The van der Waals surface area contributed by atoms with E-state index in [1.54, 1.807) is 7.11 Å². The first-order valence-electron chi connectivity index (χ1n) is 7.31. The van der Waals surface area contributed by atoms with Crippen LogP contribution < -0.4 is 15.4 Å². The molecule has 0 fully saturated rings. The molecule has 0 aliphatic carbocycles. The van der Waals surface area contributed by atoms with E-state index in [2.05, 4.69) is 15.5 Å². The average molecular weight is 293 g/mol. The highest BCUT2D eigenvalue weighted by Crippen LogP contribution is 2.26. The fraction of sp³-hybridized carbons (Fsp3) is 0.562. The van der Waals surface area contributed by atoms with Crippen LogP contribution in [0.3, 0.4) is 0 Å². The quantitative estimate of drug-likeness (QED) is 0.770.